The molecule has 0 amide bonds. The second kappa shape index (κ2) is 6.36. The molecular formula is C14H20N4O2S. The van der Waals surface area contributed by atoms with E-state index < -0.39 is 9.84 Å². The highest BCUT2D eigenvalue weighted by Gasteiger charge is 2.13. The third kappa shape index (κ3) is 4.37. The van der Waals surface area contributed by atoms with E-state index in [9.17, 15) is 8.42 Å². The molecule has 0 fully saturated rings. The second-order valence-electron chi connectivity index (χ2n) is 5.22. The molecular weight excluding hydrogens is 288 g/mol. The quantitative estimate of drug-likeness (QED) is 0.805. The maximum Gasteiger partial charge on any atom is 0.148 e. The zero-order chi connectivity index (χ0) is 15.5. The third-order valence-corrected chi connectivity index (χ3v) is 4.46. The number of hydrogen-bond donors (Lipinski definition) is 0. The first-order valence-electron chi connectivity index (χ1n) is 6.70. The van der Waals surface area contributed by atoms with Gasteiger partial charge in [0.1, 0.15) is 22.5 Å². The summed E-state index contributed by atoms with van der Waals surface area (Å²) in [5.41, 5.74) is 2.08. The van der Waals surface area contributed by atoms with E-state index in [1.165, 1.54) is 12.6 Å². The predicted octanol–water partition coefficient (Wildman–Crippen LogP) is 1.30. The second-order valence-corrected chi connectivity index (χ2v) is 7.48. The first-order chi connectivity index (χ1) is 9.87. The van der Waals surface area contributed by atoms with Gasteiger partial charge in [0.15, 0.2) is 0 Å². The third-order valence-electron chi connectivity index (χ3n) is 3.53. The van der Waals surface area contributed by atoms with Crippen molar-refractivity contribution >= 4 is 9.84 Å². The van der Waals surface area contributed by atoms with Crippen LogP contribution in [0.25, 0.3) is 5.69 Å². The molecule has 6 nitrogen and oxygen atoms in total. The predicted molar refractivity (Wildman–Crippen MR) is 82.1 cm³/mol. The number of rotatable bonds is 6. The van der Waals surface area contributed by atoms with Crippen LogP contribution in [0.2, 0.25) is 0 Å². The SMILES string of the molecule is C[C@@H](c1ccc(-n2cncn2)cc1)N(C)CCS(C)(=O)=O. The molecule has 0 N–H and O–H groups in total. The molecule has 114 valence electrons. The summed E-state index contributed by atoms with van der Waals surface area (Å²) in [5, 5.41) is 4.08. The van der Waals surface area contributed by atoms with Gasteiger partial charge in [0.2, 0.25) is 0 Å². The number of nitrogens with zero attached hydrogens (tertiary/aromatic N) is 4. The Morgan fingerprint density at radius 3 is 2.48 bits per heavy atom. The van der Waals surface area contributed by atoms with Gasteiger partial charge in [-0.15, -0.1) is 0 Å². The maximum absolute atomic E-state index is 11.2. The zero-order valence-corrected chi connectivity index (χ0v) is 13.3. The van der Waals surface area contributed by atoms with E-state index >= 15 is 0 Å². The van der Waals surface area contributed by atoms with Gasteiger partial charge in [0, 0.05) is 18.8 Å². The normalized spacial score (nSPS) is 13.5. The first kappa shape index (κ1) is 15.7. The molecule has 0 radical (unpaired) electrons. The summed E-state index contributed by atoms with van der Waals surface area (Å²) < 4.78 is 24.2. The van der Waals surface area contributed by atoms with E-state index in [1.54, 1.807) is 11.0 Å². The Morgan fingerprint density at radius 1 is 1.29 bits per heavy atom. The Labute approximate surface area is 125 Å². The number of sulfone groups is 1. The van der Waals surface area contributed by atoms with Crippen LogP contribution < -0.4 is 0 Å². The molecule has 0 aliphatic heterocycles. The lowest BCUT2D eigenvalue weighted by Gasteiger charge is -2.24. The van der Waals surface area contributed by atoms with Crippen molar-refractivity contribution in [3.05, 3.63) is 42.5 Å². The molecule has 0 saturated heterocycles. The highest BCUT2D eigenvalue weighted by atomic mass is 32.2. The van der Waals surface area contributed by atoms with Gasteiger partial charge in [-0.3, -0.25) is 4.90 Å². The van der Waals surface area contributed by atoms with E-state index in [1.807, 2.05) is 36.2 Å². The van der Waals surface area contributed by atoms with Crippen LogP contribution in [-0.2, 0) is 9.84 Å². The van der Waals surface area contributed by atoms with Crippen molar-refractivity contribution in [1.82, 2.24) is 19.7 Å². The summed E-state index contributed by atoms with van der Waals surface area (Å²) in [6, 6.07) is 8.16. The Balaban J connectivity index is 2.04. The molecule has 1 aromatic carbocycles. The molecule has 0 spiro atoms. The van der Waals surface area contributed by atoms with Crippen LogP contribution in [0.4, 0.5) is 0 Å². The fourth-order valence-electron chi connectivity index (χ4n) is 2.01. The van der Waals surface area contributed by atoms with Gasteiger partial charge in [0.25, 0.3) is 0 Å². The molecule has 1 aromatic heterocycles. The van der Waals surface area contributed by atoms with Crippen molar-refractivity contribution in [3.63, 3.8) is 0 Å². The zero-order valence-electron chi connectivity index (χ0n) is 12.5. The van der Waals surface area contributed by atoms with Crippen molar-refractivity contribution in [2.45, 2.75) is 13.0 Å². The number of aromatic nitrogens is 3. The lowest BCUT2D eigenvalue weighted by atomic mass is 10.1. The first-order valence-corrected chi connectivity index (χ1v) is 8.76. The lowest BCUT2D eigenvalue weighted by molar-refractivity contribution is 0.276. The smallest absolute Gasteiger partial charge is 0.148 e. The molecule has 7 heteroatoms. The fraction of sp³-hybridized carbons (Fsp3) is 0.429. The minimum atomic E-state index is -2.93. The van der Waals surface area contributed by atoms with Crippen molar-refractivity contribution in [3.8, 4) is 5.69 Å². The highest BCUT2D eigenvalue weighted by molar-refractivity contribution is 7.90. The lowest BCUT2D eigenvalue weighted by Crippen LogP contribution is -2.28. The monoisotopic (exact) mass is 308 g/mol. The van der Waals surface area contributed by atoms with Gasteiger partial charge >= 0.3 is 0 Å². The molecule has 1 atom stereocenters. The average Bonchev–Trinajstić information content (AvgIpc) is 2.97. The minimum Gasteiger partial charge on any atom is -0.299 e. The molecule has 0 bridgehead atoms. The molecule has 0 saturated carbocycles. The molecule has 1 heterocycles. The van der Waals surface area contributed by atoms with Crippen molar-refractivity contribution in [2.24, 2.45) is 0 Å². The Hall–Kier alpha value is -1.73. The van der Waals surface area contributed by atoms with Crippen molar-refractivity contribution in [2.75, 3.05) is 25.6 Å². The van der Waals surface area contributed by atoms with Crippen molar-refractivity contribution < 1.29 is 8.42 Å². The minimum absolute atomic E-state index is 0.150. The van der Waals surface area contributed by atoms with Crippen LogP contribution in [0.5, 0.6) is 0 Å². The molecule has 2 aromatic rings. The van der Waals surface area contributed by atoms with E-state index in [4.69, 9.17) is 0 Å². The average molecular weight is 308 g/mol. The van der Waals surface area contributed by atoms with Gasteiger partial charge in [-0.1, -0.05) is 12.1 Å². The Kier molecular flexibility index (Phi) is 4.74. The van der Waals surface area contributed by atoms with Gasteiger partial charge in [-0.05, 0) is 31.7 Å². The molecule has 2 rings (SSSR count). The molecule has 0 aliphatic carbocycles. The summed E-state index contributed by atoms with van der Waals surface area (Å²) in [7, 11) is -1.000. The van der Waals surface area contributed by atoms with Crippen LogP contribution in [-0.4, -0.2) is 53.7 Å². The maximum atomic E-state index is 11.2. The molecule has 0 unspecified atom stereocenters. The molecule has 0 aliphatic rings. The van der Waals surface area contributed by atoms with E-state index in [0.29, 0.717) is 6.54 Å². The number of benzene rings is 1. The van der Waals surface area contributed by atoms with Gasteiger partial charge in [-0.2, -0.15) is 5.10 Å². The molecule has 21 heavy (non-hydrogen) atoms. The summed E-state index contributed by atoms with van der Waals surface area (Å²) in [6.07, 6.45) is 4.41. The highest BCUT2D eigenvalue weighted by Crippen LogP contribution is 2.20. The van der Waals surface area contributed by atoms with Crippen LogP contribution in [0.1, 0.15) is 18.5 Å². The van der Waals surface area contributed by atoms with Gasteiger partial charge in [-0.25, -0.2) is 18.1 Å². The van der Waals surface area contributed by atoms with Gasteiger partial charge in [0.05, 0.1) is 11.4 Å². The Bertz CT molecular complexity index is 666. The van der Waals surface area contributed by atoms with E-state index in [2.05, 4.69) is 17.0 Å². The number of hydrogen-bond acceptors (Lipinski definition) is 5. The summed E-state index contributed by atoms with van der Waals surface area (Å²) >= 11 is 0. The Morgan fingerprint density at radius 2 is 1.95 bits per heavy atom. The van der Waals surface area contributed by atoms with E-state index in [-0.39, 0.29) is 11.8 Å². The summed E-state index contributed by atoms with van der Waals surface area (Å²) in [5.74, 6) is 0.172. The van der Waals surface area contributed by atoms with Crippen molar-refractivity contribution in [1.29, 1.82) is 0 Å². The van der Waals surface area contributed by atoms with Crippen LogP contribution >= 0.6 is 0 Å². The van der Waals surface area contributed by atoms with Crippen LogP contribution in [0.15, 0.2) is 36.9 Å². The topological polar surface area (TPSA) is 68.1 Å². The van der Waals surface area contributed by atoms with Crippen LogP contribution in [0, 0.1) is 0 Å². The fourth-order valence-corrected chi connectivity index (χ4v) is 2.62. The summed E-state index contributed by atoms with van der Waals surface area (Å²) in [4.78, 5) is 5.95. The van der Waals surface area contributed by atoms with Crippen LogP contribution in [0.3, 0.4) is 0 Å². The standard InChI is InChI=1S/C14H20N4O2S/c1-12(17(2)8-9-21(3,19)20)13-4-6-14(7-5-13)18-11-15-10-16-18/h4-7,10-12H,8-9H2,1-3H3/t12-/m0/s1. The van der Waals surface area contributed by atoms with Gasteiger partial charge < -0.3 is 0 Å². The van der Waals surface area contributed by atoms with E-state index in [0.717, 1.165) is 11.3 Å². The largest absolute Gasteiger partial charge is 0.299 e. The summed E-state index contributed by atoms with van der Waals surface area (Å²) in [6.45, 7) is 2.58.